The fourth-order valence-electron chi connectivity index (χ4n) is 1.18. The number of nitrogens with one attached hydrogen (secondary N) is 1. The first kappa shape index (κ1) is 14.7. The summed E-state index contributed by atoms with van der Waals surface area (Å²) in [4.78, 5) is 10.9. The molecule has 0 saturated heterocycles. The minimum atomic E-state index is -0.156. The zero-order valence-electron chi connectivity index (χ0n) is 9.23. The van der Waals surface area contributed by atoms with E-state index in [1.807, 2.05) is 31.2 Å². The van der Waals surface area contributed by atoms with Crippen molar-refractivity contribution in [3.63, 3.8) is 0 Å². The molecule has 0 unspecified atom stereocenters. The number of hydrogen-bond acceptors (Lipinski definition) is 3. The Balaban J connectivity index is 0.00000225. The highest BCUT2D eigenvalue weighted by Gasteiger charge is 1.99. The normalized spacial score (nSPS) is 9.12. The van der Waals surface area contributed by atoms with E-state index in [-0.39, 0.29) is 24.9 Å². The van der Waals surface area contributed by atoms with E-state index in [2.05, 4.69) is 5.32 Å². The third kappa shape index (κ3) is 5.00. The second-order valence-corrected chi connectivity index (χ2v) is 3.06. The van der Waals surface area contributed by atoms with Gasteiger partial charge in [-0.05, 0) is 24.6 Å². The first-order chi connectivity index (χ1) is 7.26. The van der Waals surface area contributed by atoms with E-state index in [0.29, 0.717) is 13.2 Å². The van der Waals surface area contributed by atoms with Gasteiger partial charge in [0.1, 0.15) is 5.75 Å². The lowest BCUT2D eigenvalue weighted by Crippen LogP contribution is -2.29. The molecule has 16 heavy (non-hydrogen) atoms. The van der Waals surface area contributed by atoms with Crippen molar-refractivity contribution in [3.8, 4) is 5.75 Å². The summed E-state index contributed by atoms with van der Waals surface area (Å²) in [5, 5.41) is 2.70. The fraction of sp³-hybridized carbons (Fsp3) is 0.364. The van der Waals surface area contributed by atoms with Crippen LogP contribution in [0.25, 0.3) is 0 Å². The largest absolute Gasteiger partial charge is 0.494 e. The van der Waals surface area contributed by atoms with E-state index in [9.17, 15) is 4.79 Å². The zero-order chi connectivity index (χ0) is 11.1. The summed E-state index contributed by atoms with van der Waals surface area (Å²) in [5.41, 5.74) is 6.18. The van der Waals surface area contributed by atoms with Crippen molar-refractivity contribution < 1.29 is 9.53 Å². The SMILES string of the molecule is CCOc1cccc(CNC(=O)CN)c1.Cl. The average Bonchev–Trinajstić information content (AvgIpc) is 2.27. The van der Waals surface area contributed by atoms with Gasteiger partial charge in [0.15, 0.2) is 0 Å². The van der Waals surface area contributed by atoms with Crippen LogP contribution >= 0.6 is 12.4 Å². The number of halogens is 1. The number of benzene rings is 1. The number of rotatable bonds is 5. The lowest BCUT2D eigenvalue weighted by Gasteiger charge is -2.06. The van der Waals surface area contributed by atoms with Crippen molar-refractivity contribution in [1.29, 1.82) is 0 Å². The summed E-state index contributed by atoms with van der Waals surface area (Å²) >= 11 is 0. The number of amides is 1. The fourth-order valence-corrected chi connectivity index (χ4v) is 1.18. The minimum absolute atomic E-state index is 0. The summed E-state index contributed by atoms with van der Waals surface area (Å²) in [6.07, 6.45) is 0. The monoisotopic (exact) mass is 244 g/mol. The second kappa shape index (κ2) is 7.96. The molecule has 5 heteroatoms. The van der Waals surface area contributed by atoms with Crippen molar-refractivity contribution in [3.05, 3.63) is 29.8 Å². The Morgan fingerprint density at radius 2 is 2.25 bits per heavy atom. The van der Waals surface area contributed by atoms with Gasteiger partial charge in [0.2, 0.25) is 5.91 Å². The highest BCUT2D eigenvalue weighted by atomic mass is 35.5. The number of ether oxygens (including phenoxy) is 1. The summed E-state index contributed by atoms with van der Waals surface area (Å²) < 4.78 is 5.34. The molecule has 0 fully saturated rings. The molecule has 1 amide bonds. The van der Waals surface area contributed by atoms with E-state index in [1.54, 1.807) is 0 Å². The van der Waals surface area contributed by atoms with Gasteiger partial charge < -0.3 is 15.8 Å². The van der Waals surface area contributed by atoms with Crippen LogP contribution in [-0.4, -0.2) is 19.1 Å². The van der Waals surface area contributed by atoms with Crippen LogP contribution in [0.2, 0.25) is 0 Å². The molecular weight excluding hydrogens is 228 g/mol. The van der Waals surface area contributed by atoms with Crippen LogP contribution in [0.4, 0.5) is 0 Å². The first-order valence-electron chi connectivity index (χ1n) is 4.94. The molecule has 0 aromatic heterocycles. The number of nitrogens with two attached hydrogens (primary N) is 1. The van der Waals surface area contributed by atoms with Crippen LogP contribution in [-0.2, 0) is 11.3 Å². The average molecular weight is 245 g/mol. The standard InChI is InChI=1S/C11H16N2O2.ClH/c1-2-15-10-5-3-4-9(6-10)8-13-11(14)7-12;/h3-6H,2,7-8,12H2,1H3,(H,13,14);1H. The molecule has 0 radical (unpaired) electrons. The molecule has 0 bridgehead atoms. The predicted molar refractivity (Wildman–Crippen MR) is 65.8 cm³/mol. The van der Waals surface area contributed by atoms with Crippen LogP contribution in [0.5, 0.6) is 5.75 Å². The quantitative estimate of drug-likeness (QED) is 0.815. The van der Waals surface area contributed by atoms with Crippen molar-refractivity contribution in [1.82, 2.24) is 5.32 Å². The second-order valence-electron chi connectivity index (χ2n) is 3.06. The molecule has 0 heterocycles. The lowest BCUT2D eigenvalue weighted by molar-refractivity contribution is -0.119. The Kier molecular flexibility index (Phi) is 7.33. The van der Waals surface area contributed by atoms with Gasteiger partial charge in [0.25, 0.3) is 0 Å². The Hall–Kier alpha value is -1.26. The maximum Gasteiger partial charge on any atom is 0.234 e. The molecule has 0 aliphatic heterocycles. The molecule has 3 N–H and O–H groups in total. The van der Waals surface area contributed by atoms with Gasteiger partial charge in [0.05, 0.1) is 13.2 Å². The van der Waals surface area contributed by atoms with Crippen LogP contribution in [0.15, 0.2) is 24.3 Å². The lowest BCUT2D eigenvalue weighted by atomic mass is 10.2. The van der Waals surface area contributed by atoms with Crippen LogP contribution in [0.3, 0.4) is 0 Å². The maximum atomic E-state index is 10.9. The van der Waals surface area contributed by atoms with E-state index in [0.717, 1.165) is 11.3 Å². The minimum Gasteiger partial charge on any atom is -0.494 e. The summed E-state index contributed by atoms with van der Waals surface area (Å²) in [6.45, 7) is 3.07. The van der Waals surface area contributed by atoms with Gasteiger partial charge in [-0.25, -0.2) is 0 Å². The van der Waals surface area contributed by atoms with E-state index in [1.165, 1.54) is 0 Å². The molecule has 90 valence electrons. The number of hydrogen-bond donors (Lipinski definition) is 2. The summed E-state index contributed by atoms with van der Waals surface area (Å²) in [5.74, 6) is 0.661. The topological polar surface area (TPSA) is 64.3 Å². The molecule has 1 rings (SSSR count). The van der Waals surface area contributed by atoms with Gasteiger partial charge in [-0.2, -0.15) is 0 Å². The molecule has 1 aromatic carbocycles. The molecule has 0 aliphatic carbocycles. The van der Waals surface area contributed by atoms with Gasteiger partial charge in [-0.3, -0.25) is 4.79 Å². The van der Waals surface area contributed by atoms with Gasteiger partial charge in [-0.1, -0.05) is 12.1 Å². The van der Waals surface area contributed by atoms with Gasteiger partial charge in [-0.15, -0.1) is 12.4 Å². The molecule has 1 aromatic rings. The summed E-state index contributed by atoms with van der Waals surface area (Å²) in [6, 6.07) is 7.62. The third-order valence-corrected chi connectivity index (χ3v) is 1.88. The van der Waals surface area contributed by atoms with E-state index in [4.69, 9.17) is 10.5 Å². The molecule has 0 spiro atoms. The molecular formula is C11H17ClN2O2. The molecule has 0 aliphatic rings. The van der Waals surface area contributed by atoms with Crippen molar-refractivity contribution in [2.24, 2.45) is 5.73 Å². The highest BCUT2D eigenvalue weighted by molar-refractivity contribution is 5.85. The van der Waals surface area contributed by atoms with Gasteiger partial charge >= 0.3 is 0 Å². The van der Waals surface area contributed by atoms with E-state index < -0.39 is 0 Å². The smallest absolute Gasteiger partial charge is 0.234 e. The van der Waals surface area contributed by atoms with Crippen LogP contribution < -0.4 is 15.8 Å². The number of carbonyl (C=O) groups excluding carboxylic acids is 1. The Morgan fingerprint density at radius 3 is 2.88 bits per heavy atom. The van der Waals surface area contributed by atoms with Gasteiger partial charge in [0, 0.05) is 6.54 Å². The maximum absolute atomic E-state index is 10.9. The van der Waals surface area contributed by atoms with Crippen molar-refractivity contribution in [2.75, 3.05) is 13.2 Å². The van der Waals surface area contributed by atoms with Crippen molar-refractivity contribution >= 4 is 18.3 Å². The predicted octanol–water partition coefficient (Wildman–Crippen LogP) is 1.08. The third-order valence-electron chi connectivity index (χ3n) is 1.88. The Labute approximate surface area is 102 Å². The Morgan fingerprint density at radius 1 is 1.50 bits per heavy atom. The zero-order valence-corrected chi connectivity index (χ0v) is 10.0. The number of carbonyl (C=O) groups is 1. The molecule has 0 atom stereocenters. The van der Waals surface area contributed by atoms with Crippen molar-refractivity contribution in [2.45, 2.75) is 13.5 Å². The molecule has 4 nitrogen and oxygen atoms in total. The molecule has 0 saturated carbocycles. The Bertz CT molecular complexity index is 332. The van der Waals surface area contributed by atoms with Crippen LogP contribution in [0.1, 0.15) is 12.5 Å². The van der Waals surface area contributed by atoms with Crippen LogP contribution in [0, 0.1) is 0 Å². The highest BCUT2D eigenvalue weighted by Crippen LogP contribution is 2.12. The summed E-state index contributed by atoms with van der Waals surface area (Å²) in [7, 11) is 0. The first-order valence-corrected chi connectivity index (χ1v) is 4.94. The van der Waals surface area contributed by atoms with E-state index >= 15 is 0 Å².